The van der Waals surface area contributed by atoms with E-state index in [0.29, 0.717) is 0 Å². The number of hydrogen-bond acceptors (Lipinski definition) is 3. The van der Waals surface area contributed by atoms with Crippen molar-refractivity contribution in [3.05, 3.63) is 27.7 Å². The third-order valence-electron chi connectivity index (χ3n) is 2.64. The monoisotopic (exact) mass is 357 g/mol. The molecule has 0 aromatic heterocycles. The highest BCUT2D eigenvalue weighted by Gasteiger charge is 2.24. The Balaban J connectivity index is 3.21. The van der Waals surface area contributed by atoms with Crippen LogP contribution in [0.4, 0.5) is 0 Å². The van der Waals surface area contributed by atoms with E-state index in [-0.39, 0.29) is 26.5 Å². The zero-order valence-electron chi connectivity index (χ0n) is 10.9. The van der Waals surface area contributed by atoms with E-state index in [2.05, 4.69) is 5.32 Å². The molecule has 0 radical (unpaired) electrons. The van der Waals surface area contributed by atoms with Crippen molar-refractivity contribution in [1.29, 1.82) is 0 Å². The Bertz CT molecular complexity index is 617. The Morgan fingerprint density at radius 3 is 2.45 bits per heavy atom. The van der Waals surface area contributed by atoms with Crippen molar-refractivity contribution in [3.8, 4) is 0 Å². The summed E-state index contributed by atoms with van der Waals surface area (Å²) in [5.74, 6) is -0.525. The van der Waals surface area contributed by atoms with Gasteiger partial charge in [-0.1, -0.05) is 36.5 Å². The molecular weight excluding hydrogens is 345 g/mol. The number of hydrogen-bond donors (Lipinski definition) is 1. The van der Waals surface area contributed by atoms with Crippen molar-refractivity contribution in [2.75, 3.05) is 0 Å². The lowest BCUT2D eigenvalue weighted by Gasteiger charge is -2.15. The molecule has 112 valence electrons. The Morgan fingerprint density at radius 1 is 1.35 bits per heavy atom. The van der Waals surface area contributed by atoms with Crippen molar-refractivity contribution in [2.24, 2.45) is 0 Å². The van der Waals surface area contributed by atoms with Gasteiger partial charge in [-0.15, -0.1) is 0 Å². The fourth-order valence-electron chi connectivity index (χ4n) is 1.73. The normalized spacial score (nSPS) is 13.1. The quantitative estimate of drug-likeness (QED) is 0.813. The minimum atomic E-state index is -4.04. The highest BCUT2D eigenvalue weighted by molar-refractivity contribution is 8.13. The van der Waals surface area contributed by atoms with Crippen LogP contribution in [0.3, 0.4) is 0 Å². The summed E-state index contributed by atoms with van der Waals surface area (Å²) in [6.45, 7) is 3.83. The average Bonchev–Trinajstić information content (AvgIpc) is 2.26. The number of halogens is 3. The predicted molar refractivity (Wildman–Crippen MR) is 81.3 cm³/mol. The van der Waals surface area contributed by atoms with Crippen molar-refractivity contribution in [2.45, 2.75) is 37.6 Å². The number of amides is 1. The Morgan fingerprint density at radius 2 is 1.95 bits per heavy atom. The van der Waals surface area contributed by atoms with Crippen LogP contribution in [0.25, 0.3) is 0 Å². The number of nitrogens with one attached hydrogen (secondary N) is 1. The summed E-state index contributed by atoms with van der Waals surface area (Å²) in [4.78, 5) is 11.8. The van der Waals surface area contributed by atoms with Crippen LogP contribution in [0.1, 0.15) is 37.0 Å². The highest BCUT2D eigenvalue weighted by atomic mass is 35.7. The molecule has 1 atom stereocenters. The molecule has 0 heterocycles. The molecule has 0 fully saturated rings. The molecule has 0 spiro atoms. The SMILES string of the molecule is CCCC(C)NC(=O)c1c(Cl)ccc(S(=O)(=O)Cl)c1Cl. The van der Waals surface area contributed by atoms with Crippen LogP contribution < -0.4 is 5.32 Å². The summed E-state index contributed by atoms with van der Waals surface area (Å²) < 4.78 is 22.7. The Hall–Kier alpha value is -0.490. The van der Waals surface area contributed by atoms with Crippen LogP contribution in [0.5, 0.6) is 0 Å². The first kappa shape index (κ1) is 17.6. The van der Waals surface area contributed by atoms with Crippen molar-refractivity contribution >= 4 is 48.8 Å². The lowest BCUT2D eigenvalue weighted by atomic mass is 10.1. The number of carbonyl (C=O) groups is 1. The molecule has 8 heteroatoms. The molecule has 0 aliphatic heterocycles. The number of carbonyl (C=O) groups excluding carboxylic acids is 1. The first-order valence-corrected chi connectivity index (χ1v) is 8.98. The second kappa shape index (κ2) is 6.98. The molecule has 0 aliphatic rings. The summed E-state index contributed by atoms with van der Waals surface area (Å²) in [6, 6.07) is 2.37. The summed E-state index contributed by atoms with van der Waals surface area (Å²) in [5, 5.41) is 2.51. The second-order valence-electron chi connectivity index (χ2n) is 4.34. The van der Waals surface area contributed by atoms with Gasteiger partial charge >= 0.3 is 0 Å². The second-order valence-corrected chi connectivity index (χ2v) is 7.66. The van der Waals surface area contributed by atoms with Gasteiger partial charge in [0.15, 0.2) is 0 Å². The van der Waals surface area contributed by atoms with E-state index in [1.165, 1.54) is 12.1 Å². The molecule has 0 saturated carbocycles. The summed E-state index contributed by atoms with van der Waals surface area (Å²) >= 11 is 11.9. The molecule has 1 unspecified atom stereocenters. The van der Waals surface area contributed by atoms with E-state index in [9.17, 15) is 13.2 Å². The first-order chi connectivity index (χ1) is 9.18. The maximum absolute atomic E-state index is 12.1. The van der Waals surface area contributed by atoms with Gasteiger partial charge in [0, 0.05) is 16.7 Å². The molecule has 1 aromatic carbocycles. The third kappa shape index (κ3) is 4.25. The van der Waals surface area contributed by atoms with Crippen molar-refractivity contribution in [1.82, 2.24) is 5.32 Å². The summed E-state index contributed by atoms with van der Waals surface area (Å²) in [5.41, 5.74) is -0.0852. The van der Waals surface area contributed by atoms with Gasteiger partial charge in [0.2, 0.25) is 0 Å². The molecule has 1 rings (SSSR count). The topological polar surface area (TPSA) is 63.2 Å². The Kier molecular flexibility index (Phi) is 6.13. The van der Waals surface area contributed by atoms with Gasteiger partial charge in [-0.2, -0.15) is 0 Å². The molecular formula is C12H14Cl3NO3S. The Labute approximate surface area is 132 Å². The van der Waals surface area contributed by atoms with Gasteiger partial charge in [0.05, 0.1) is 15.6 Å². The molecule has 1 aromatic rings. The van der Waals surface area contributed by atoms with Crippen LogP contribution in [-0.4, -0.2) is 20.4 Å². The highest BCUT2D eigenvalue weighted by Crippen LogP contribution is 2.32. The minimum absolute atomic E-state index is 0.0697. The van der Waals surface area contributed by atoms with Gasteiger partial charge in [-0.05, 0) is 25.5 Å². The largest absolute Gasteiger partial charge is 0.349 e. The van der Waals surface area contributed by atoms with E-state index < -0.39 is 15.0 Å². The fourth-order valence-corrected chi connectivity index (χ4v) is 3.63. The summed E-state index contributed by atoms with van der Waals surface area (Å²) in [6.07, 6.45) is 1.69. The predicted octanol–water partition coefficient (Wildman–Crippen LogP) is 3.84. The molecule has 20 heavy (non-hydrogen) atoms. The van der Waals surface area contributed by atoms with E-state index >= 15 is 0 Å². The molecule has 0 aliphatic carbocycles. The molecule has 4 nitrogen and oxygen atoms in total. The lowest BCUT2D eigenvalue weighted by Crippen LogP contribution is -2.32. The fraction of sp³-hybridized carbons (Fsp3) is 0.417. The minimum Gasteiger partial charge on any atom is -0.349 e. The summed E-state index contributed by atoms with van der Waals surface area (Å²) in [7, 11) is 1.22. The number of rotatable bonds is 5. The van der Waals surface area contributed by atoms with Gasteiger partial charge in [0.25, 0.3) is 15.0 Å². The third-order valence-corrected chi connectivity index (χ3v) is 4.83. The zero-order valence-corrected chi connectivity index (χ0v) is 14.0. The van der Waals surface area contributed by atoms with Crippen LogP contribution >= 0.6 is 33.9 Å². The van der Waals surface area contributed by atoms with Crippen molar-refractivity contribution in [3.63, 3.8) is 0 Å². The smallest absolute Gasteiger partial charge is 0.262 e. The molecule has 0 saturated heterocycles. The van der Waals surface area contributed by atoms with Crippen LogP contribution in [0.15, 0.2) is 17.0 Å². The van der Waals surface area contributed by atoms with Gasteiger partial charge < -0.3 is 5.32 Å². The number of benzene rings is 1. The zero-order chi connectivity index (χ0) is 15.5. The average molecular weight is 359 g/mol. The van der Waals surface area contributed by atoms with E-state index in [1.807, 2.05) is 13.8 Å². The van der Waals surface area contributed by atoms with Crippen LogP contribution in [0, 0.1) is 0 Å². The van der Waals surface area contributed by atoms with Crippen LogP contribution in [0.2, 0.25) is 10.0 Å². The lowest BCUT2D eigenvalue weighted by molar-refractivity contribution is 0.0938. The molecule has 1 amide bonds. The maximum atomic E-state index is 12.1. The van der Waals surface area contributed by atoms with Crippen LogP contribution in [-0.2, 0) is 9.05 Å². The van der Waals surface area contributed by atoms with Crippen molar-refractivity contribution < 1.29 is 13.2 Å². The first-order valence-electron chi connectivity index (χ1n) is 5.92. The maximum Gasteiger partial charge on any atom is 0.262 e. The van der Waals surface area contributed by atoms with E-state index in [4.69, 9.17) is 33.9 Å². The van der Waals surface area contributed by atoms with E-state index in [1.54, 1.807) is 0 Å². The van der Waals surface area contributed by atoms with E-state index in [0.717, 1.165) is 12.8 Å². The molecule has 1 N–H and O–H groups in total. The van der Waals surface area contributed by atoms with Gasteiger partial charge in [-0.3, -0.25) is 4.79 Å². The van der Waals surface area contributed by atoms with Gasteiger partial charge in [0.1, 0.15) is 4.90 Å². The molecule has 0 bridgehead atoms. The van der Waals surface area contributed by atoms with Gasteiger partial charge in [-0.25, -0.2) is 8.42 Å². The standard InChI is InChI=1S/C12H14Cl3NO3S/c1-3-4-7(2)16-12(17)10-8(13)5-6-9(11(10)14)20(15,18)19/h5-7H,3-4H2,1-2H3,(H,16,17).